The normalized spacial score (nSPS) is 33.1. The average molecular weight is 267 g/mol. The van der Waals surface area contributed by atoms with Gasteiger partial charge in [0.15, 0.2) is 0 Å². The predicted molar refractivity (Wildman–Crippen MR) is 77.8 cm³/mol. The van der Waals surface area contributed by atoms with E-state index in [1.54, 1.807) is 0 Å². The largest absolute Gasteiger partial charge is 0.355 e. The minimum absolute atomic E-state index is 0.0325. The highest BCUT2D eigenvalue weighted by atomic mass is 16.1. The molecule has 1 amide bonds. The quantitative estimate of drug-likeness (QED) is 0.808. The number of nitrogens with one attached hydrogen (secondary N) is 1. The molecule has 110 valence electrons. The lowest BCUT2D eigenvalue weighted by molar-refractivity contribution is -0.127. The third-order valence-corrected chi connectivity index (χ3v) is 4.68. The van der Waals surface area contributed by atoms with Gasteiger partial charge in [0.05, 0.1) is 5.92 Å². The highest BCUT2D eigenvalue weighted by molar-refractivity contribution is 5.79. The van der Waals surface area contributed by atoms with Gasteiger partial charge in [0.1, 0.15) is 0 Å². The van der Waals surface area contributed by atoms with E-state index >= 15 is 0 Å². The summed E-state index contributed by atoms with van der Waals surface area (Å²) in [6, 6.07) is 0.0613. The Morgan fingerprint density at radius 1 is 1.26 bits per heavy atom. The molecule has 4 heteroatoms. The first kappa shape index (κ1) is 14.8. The van der Waals surface area contributed by atoms with E-state index in [4.69, 9.17) is 5.73 Å². The summed E-state index contributed by atoms with van der Waals surface area (Å²) in [5.74, 6) is 0.846. The Hall–Kier alpha value is -0.610. The van der Waals surface area contributed by atoms with Crippen molar-refractivity contribution in [1.82, 2.24) is 10.2 Å². The molecule has 1 saturated carbocycles. The molecule has 0 aromatic carbocycles. The minimum Gasteiger partial charge on any atom is -0.355 e. The molecule has 3 N–H and O–H groups in total. The average Bonchev–Trinajstić information content (AvgIpc) is 2.42. The lowest BCUT2D eigenvalue weighted by Gasteiger charge is -2.32. The van der Waals surface area contributed by atoms with Crippen LogP contribution in [0.2, 0.25) is 0 Å². The molecule has 0 aromatic heterocycles. The van der Waals surface area contributed by atoms with Gasteiger partial charge < -0.3 is 16.0 Å². The Kier molecular flexibility index (Phi) is 5.64. The maximum absolute atomic E-state index is 12.2. The Bertz CT molecular complexity index is 289. The molecule has 2 fully saturated rings. The van der Waals surface area contributed by atoms with E-state index in [2.05, 4.69) is 17.1 Å². The van der Waals surface area contributed by atoms with Crippen molar-refractivity contribution in [1.29, 1.82) is 0 Å². The van der Waals surface area contributed by atoms with Crippen LogP contribution in [0.3, 0.4) is 0 Å². The van der Waals surface area contributed by atoms with Gasteiger partial charge in [-0.3, -0.25) is 4.79 Å². The number of carbonyl (C=O) groups excluding carboxylic acids is 1. The lowest BCUT2D eigenvalue weighted by atomic mass is 9.79. The van der Waals surface area contributed by atoms with Crippen LogP contribution in [-0.4, -0.2) is 43.0 Å². The molecule has 1 heterocycles. The monoisotopic (exact) mass is 267 g/mol. The van der Waals surface area contributed by atoms with Crippen LogP contribution in [0.4, 0.5) is 0 Å². The summed E-state index contributed by atoms with van der Waals surface area (Å²) in [5, 5.41) is 3.09. The van der Waals surface area contributed by atoms with E-state index < -0.39 is 0 Å². The SMILES string of the molecule is CC1CCC(N)C(C(=O)NCCN2CCCCC2)C1. The van der Waals surface area contributed by atoms with Crippen molar-refractivity contribution in [2.75, 3.05) is 26.2 Å². The number of rotatable bonds is 4. The van der Waals surface area contributed by atoms with E-state index in [0.29, 0.717) is 5.92 Å². The van der Waals surface area contributed by atoms with E-state index in [1.165, 1.54) is 38.8 Å². The van der Waals surface area contributed by atoms with Gasteiger partial charge in [0, 0.05) is 19.1 Å². The van der Waals surface area contributed by atoms with Crippen LogP contribution in [0.1, 0.15) is 45.4 Å². The van der Waals surface area contributed by atoms with Crippen LogP contribution in [0.5, 0.6) is 0 Å². The summed E-state index contributed by atoms with van der Waals surface area (Å²) in [4.78, 5) is 14.6. The number of nitrogens with zero attached hydrogens (tertiary/aromatic N) is 1. The van der Waals surface area contributed by atoms with Gasteiger partial charge in [-0.15, -0.1) is 0 Å². The van der Waals surface area contributed by atoms with Crippen LogP contribution in [0.15, 0.2) is 0 Å². The van der Waals surface area contributed by atoms with Crippen molar-refractivity contribution in [3.63, 3.8) is 0 Å². The molecule has 1 aliphatic carbocycles. The third-order valence-electron chi connectivity index (χ3n) is 4.68. The van der Waals surface area contributed by atoms with E-state index in [1.807, 2.05) is 0 Å². The van der Waals surface area contributed by atoms with Gasteiger partial charge in [0.25, 0.3) is 0 Å². The van der Waals surface area contributed by atoms with Gasteiger partial charge in [-0.05, 0) is 51.1 Å². The first-order valence-electron chi connectivity index (χ1n) is 7.92. The maximum Gasteiger partial charge on any atom is 0.224 e. The van der Waals surface area contributed by atoms with Crippen LogP contribution in [0, 0.1) is 11.8 Å². The van der Waals surface area contributed by atoms with Crippen molar-refractivity contribution in [2.45, 2.75) is 51.5 Å². The highest BCUT2D eigenvalue weighted by Crippen LogP contribution is 2.27. The minimum atomic E-state index is 0.0325. The highest BCUT2D eigenvalue weighted by Gasteiger charge is 2.31. The summed E-state index contributed by atoms with van der Waals surface area (Å²) in [6.45, 7) is 6.37. The molecule has 19 heavy (non-hydrogen) atoms. The Balaban J connectivity index is 1.68. The second-order valence-electron chi connectivity index (χ2n) is 6.38. The number of nitrogens with two attached hydrogens (primary N) is 1. The van der Waals surface area contributed by atoms with E-state index in [9.17, 15) is 4.79 Å². The first-order chi connectivity index (χ1) is 9.16. The fraction of sp³-hybridized carbons (Fsp3) is 0.933. The number of hydrogen-bond donors (Lipinski definition) is 2. The first-order valence-corrected chi connectivity index (χ1v) is 7.92. The smallest absolute Gasteiger partial charge is 0.224 e. The summed E-state index contributed by atoms with van der Waals surface area (Å²) in [6.07, 6.45) is 7.08. The maximum atomic E-state index is 12.2. The Morgan fingerprint density at radius 3 is 2.74 bits per heavy atom. The molecule has 3 atom stereocenters. The van der Waals surface area contributed by atoms with Crippen molar-refractivity contribution >= 4 is 5.91 Å². The van der Waals surface area contributed by atoms with Crippen molar-refractivity contribution in [3.05, 3.63) is 0 Å². The number of piperidine rings is 1. The lowest BCUT2D eigenvalue weighted by Crippen LogP contribution is -2.47. The molecule has 4 nitrogen and oxygen atoms in total. The summed E-state index contributed by atoms with van der Waals surface area (Å²) >= 11 is 0. The third kappa shape index (κ3) is 4.46. The van der Waals surface area contributed by atoms with Crippen molar-refractivity contribution in [3.8, 4) is 0 Å². The molecule has 0 radical (unpaired) electrons. The molecule has 3 unspecified atom stereocenters. The molecule has 0 bridgehead atoms. The molecular weight excluding hydrogens is 238 g/mol. The van der Waals surface area contributed by atoms with Crippen LogP contribution in [-0.2, 0) is 4.79 Å². The fourth-order valence-corrected chi connectivity index (χ4v) is 3.36. The van der Waals surface area contributed by atoms with E-state index in [-0.39, 0.29) is 17.9 Å². The topological polar surface area (TPSA) is 58.4 Å². The molecule has 1 saturated heterocycles. The molecule has 1 aliphatic heterocycles. The molecule has 0 aromatic rings. The van der Waals surface area contributed by atoms with Gasteiger partial charge in [0.2, 0.25) is 5.91 Å². The molecule has 2 aliphatic rings. The molecule has 0 spiro atoms. The van der Waals surface area contributed by atoms with Crippen LogP contribution < -0.4 is 11.1 Å². The van der Waals surface area contributed by atoms with Crippen LogP contribution in [0.25, 0.3) is 0 Å². The molecular formula is C15H29N3O. The molecule has 2 rings (SSSR count). The number of amides is 1. The standard InChI is InChI=1S/C15H29N3O/c1-12-5-6-14(16)13(11-12)15(19)17-7-10-18-8-3-2-4-9-18/h12-14H,2-11,16H2,1H3,(H,17,19). The summed E-state index contributed by atoms with van der Waals surface area (Å²) in [5.41, 5.74) is 6.09. The zero-order valence-corrected chi connectivity index (χ0v) is 12.2. The van der Waals surface area contributed by atoms with Gasteiger partial charge in [-0.25, -0.2) is 0 Å². The summed E-state index contributed by atoms with van der Waals surface area (Å²) in [7, 11) is 0. The Labute approximate surface area is 117 Å². The van der Waals surface area contributed by atoms with Crippen molar-refractivity contribution in [2.24, 2.45) is 17.6 Å². The second-order valence-corrected chi connectivity index (χ2v) is 6.38. The van der Waals surface area contributed by atoms with Crippen molar-refractivity contribution < 1.29 is 4.79 Å². The Morgan fingerprint density at radius 2 is 2.00 bits per heavy atom. The van der Waals surface area contributed by atoms with E-state index in [0.717, 1.165) is 25.9 Å². The second kappa shape index (κ2) is 7.25. The van der Waals surface area contributed by atoms with Gasteiger partial charge in [-0.1, -0.05) is 13.3 Å². The predicted octanol–water partition coefficient (Wildman–Crippen LogP) is 1.35. The zero-order chi connectivity index (χ0) is 13.7. The van der Waals surface area contributed by atoms with Gasteiger partial charge >= 0.3 is 0 Å². The number of carbonyl (C=O) groups is 1. The number of hydrogen-bond acceptors (Lipinski definition) is 3. The van der Waals surface area contributed by atoms with Gasteiger partial charge in [-0.2, -0.15) is 0 Å². The summed E-state index contributed by atoms with van der Waals surface area (Å²) < 4.78 is 0. The number of likely N-dealkylation sites (tertiary alicyclic amines) is 1. The zero-order valence-electron chi connectivity index (χ0n) is 12.2. The fourth-order valence-electron chi connectivity index (χ4n) is 3.36. The van der Waals surface area contributed by atoms with Crippen LogP contribution >= 0.6 is 0 Å².